The fourth-order valence-electron chi connectivity index (χ4n) is 4.54. The maximum absolute atomic E-state index is 10.8. The minimum Gasteiger partial charge on any atom is -0.494 e. The summed E-state index contributed by atoms with van der Waals surface area (Å²) in [5.41, 5.74) is 1.42. The second kappa shape index (κ2) is 16.4. The van der Waals surface area contributed by atoms with Gasteiger partial charge in [-0.15, -0.1) is 0 Å². The van der Waals surface area contributed by atoms with Crippen LogP contribution in [0.4, 0.5) is 0 Å². The first-order valence-electron chi connectivity index (χ1n) is 13.0. The molecule has 0 radical (unpaired) electrons. The Morgan fingerprint density at radius 1 is 0.818 bits per heavy atom. The Kier molecular flexibility index (Phi) is 13.9. The van der Waals surface area contributed by atoms with Crippen molar-refractivity contribution in [1.82, 2.24) is 0 Å². The zero-order chi connectivity index (χ0) is 23.8. The first kappa shape index (κ1) is 28.0. The summed E-state index contributed by atoms with van der Waals surface area (Å²) in [7, 11) is -3.80. The third-order valence-electron chi connectivity index (χ3n) is 6.43. The minimum absolute atomic E-state index is 0.0280. The standard InChI is InChI=1S/C27H45O5P/c1-24-13-11-14-25(23-24)15-12-21-32-27-18-16-26(17-19-27)31-20-9-7-5-3-2-4-6-8-10-22-33(28,29)30/h16-19,25H,1-15,20-23H2,(H2,28,29,30)/t25-/m0/s1. The molecule has 2 N–H and O–H groups in total. The average Bonchev–Trinajstić information content (AvgIpc) is 2.78. The van der Waals surface area contributed by atoms with Crippen LogP contribution in [0.5, 0.6) is 11.5 Å². The molecule has 0 aliphatic heterocycles. The molecule has 1 aliphatic rings. The van der Waals surface area contributed by atoms with Gasteiger partial charge in [-0.05, 0) is 81.5 Å². The summed E-state index contributed by atoms with van der Waals surface area (Å²) in [5.74, 6) is 2.62. The van der Waals surface area contributed by atoms with E-state index in [9.17, 15) is 4.57 Å². The van der Waals surface area contributed by atoms with E-state index in [1.54, 1.807) is 0 Å². The smallest absolute Gasteiger partial charge is 0.325 e. The van der Waals surface area contributed by atoms with E-state index >= 15 is 0 Å². The molecular weight excluding hydrogens is 435 g/mol. The lowest BCUT2D eigenvalue weighted by atomic mass is 9.84. The molecule has 0 saturated heterocycles. The van der Waals surface area contributed by atoms with E-state index in [1.165, 1.54) is 63.4 Å². The molecule has 1 aromatic rings. The molecule has 0 aromatic heterocycles. The van der Waals surface area contributed by atoms with Crippen molar-refractivity contribution in [3.63, 3.8) is 0 Å². The van der Waals surface area contributed by atoms with Gasteiger partial charge in [-0.25, -0.2) is 0 Å². The normalized spacial score (nSPS) is 16.7. The molecule has 1 aromatic carbocycles. The van der Waals surface area contributed by atoms with Crippen LogP contribution in [0, 0.1) is 5.92 Å². The molecule has 188 valence electrons. The van der Waals surface area contributed by atoms with Crippen LogP contribution >= 0.6 is 7.60 Å². The highest BCUT2D eigenvalue weighted by Crippen LogP contribution is 2.35. The summed E-state index contributed by atoms with van der Waals surface area (Å²) in [6.07, 6.45) is 17.1. The number of hydrogen-bond donors (Lipinski definition) is 2. The van der Waals surface area contributed by atoms with Gasteiger partial charge in [0, 0.05) is 6.16 Å². The van der Waals surface area contributed by atoms with Gasteiger partial charge in [0.15, 0.2) is 0 Å². The van der Waals surface area contributed by atoms with Crippen molar-refractivity contribution in [3.05, 3.63) is 36.4 Å². The van der Waals surface area contributed by atoms with Gasteiger partial charge in [-0.1, -0.05) is 57.1 Å². The molecule has 1 atom stereocenters. The molecule has 6 heteroatoms. The van der Waals surface area contributed by atoms with E-state index in [2.05, 4.69) is 6.58 Å². The minimum atomic E-state index is -3.80. The number of ether oxygens (including phenoxy) is 2. The van der Waals surface area contributed by atoms with Crippen molar-refractivity contribution >= 4 is 7.60 Å². The van der Waals surface area contributed by atoms with Crippen molar-refractivity contribution in [2.45, 2.75) is 96.3 Å². The topological polar surface area (TPSA) is 76.0 Å². The van der Waals surface area contributed by atoms with Gasteiger partial charge in [0.2, 0.25) is 0 Å². The average molecular weight is 481 g/mol. The third-order valence-corrected chi connectivity index (χ3v) is 7.33. The fraction of sp³-hybridized carbons (Fsp3) is 0.704. The molecule has 33 heavy (non-hydrogen) atoms. The van der Waals surface area contributed by atoms with Gasteiger partial charge in [0.25, 0.3) is 0 Å². The Bertz CT molecular complexity index is 697. The number of hydrogen-bond acceptors (Lipinski definition) is 3. The van der Waals surface area contributed by atoms with Crippen molar-refractivity contribution in [3.8, 4) is 11.5 Å². The fourth-order valence-corrected chi connectivity index (χ4v) is 5.18. The Labute approximate surface area is 201 Å². The van der Waals surface area contributed by atoms with Gasteiger partial charge in [0.05, 0.1) is 13.2 Å². The molecular formula is C27H45O5P. The molecule has 0 spiro atoms. The summed E-state index contributed by atoms with van der Waals surface area (Å²) < 4.78 is 22.5. The van der Waals surface area contributed by atoms with Crippen LogP contribution < -0.4 is 9.47 Å². The molecule has 0 amide bonds. The molecule has 2 rings (SSSR count). The lowest BCUT2D eigenvalue weighted by Crippen LogP contribution is -2.09. The van der Waals surface area contributed by atoms with Gasteiger partial charge in [-0.2, -0.15) is 0 Å². The van der Waals surface area contributed by atoms with Gasteiger partial charge < -0.3 is 19.3 Å². The van der Waals surface area contributed by atoms with Crippen molar-refractivity contribution in [2.24, 2.45) is 5.92 Å². The van der Waals surface area contributed by atoms with E-state index < -0.39 is 7.60 Å². The quantitative estimate of drug-likeness (QED) is 0.128. The van der Waals surface area contributed by atoms with Gasteiger partial charge in [0.1, 0.15) is 11.5 Å². The maximum Gasteiger partial charge on any atom is 0.325 e. The maximum atomic E-state index is 10.8. The molecule has 0 unspecified atom stereocenters. The Hall–Kier alpha value is -1.29. The van der Waals surface area contributed by atoms with Crippen LogP contribution in [0.25, 0.3) is 0 Å². The van der Waals surface area contributed by atoms with E-state index in [4.69, 9.17) is 19.3 Å². The van der Waals surface area contributed by atoms with Crippen LogP contribution in [0.15, 0.2) is 36.4 Å². The highest BCUT2D eigenvalue weighted by Gasteiger charge is 2.15. The number of rotatable bonds is 18. The monoisotopic (exact) mass is 480 g/mol. The lowest BCUT2D eigenvalue weighted by Gasteiger charge is -2.23. The highest BCUT2D eigenvalue weighted by atomic mass is 31.2. The van der Waals surface area contributed by atoms with E-state index in [0.717, 1.165) is 62.7 Å². The summed E-state index contributed by atoms with van der Waals surface area (Å²) in [6, 6.07) is 7.98. The first-order chi connectivity index (χ1) is 15.9. The largest absolute Gasteiger partial charge is 0.494 e. The Morgan fingerprint density at radius 3 is 1.88 bits per heavy atom. The van der Waals surface area contributed by atoms with Crippen molar-refractivity contribution in [2.75, 3.05) is 19.4 Å². The van der Waals surface area contributed by atoms with Crippen molar-refractivity contribution in [1.29, 1.82) is 0 Å². The predicted octanol–water partition coefficient (Wildman–Crippen LogP) is 7.66. The first-order valence-corrected chi connectivity index (χ1v) is 14.8. The van der Waals surface area contributed by atoms with Crippen LogP contribution in [-0.4, -0.2) is 29.2 Å². The number of allylic oxidation sites excluding steroid dienone is 1. The lowest BCUT2D eigenvalue weighted by molar-refractivity contribution is 0.279. The van der Waals surface area contributed by atoms with Crippen LogP contribution in [0.3, 0.4) is 0 Å². The van der Waals surface area contributed by atoms with E-state index in [-0.39, 0.29) is 6.16 Å². The van der Waals surface area contributed by atoms with Crippen LogP contribution in [0.2, 0.25) is 0 Å². The third kappa shape index (κ3) is 14.6. The van der Waals surface area contributed by atoms with Gasteiger partial charge >= 0.3 is 7.60 Å². The summed E-state index contributed by atoms with van der Waals surface area (Å²) >= 11 is 0. The van der Waals surface area contributed by atoms with Crippen molar-refractivity contribution < 1.29 is 23.8 Å². The Balaban J connectivity index is 1.40. The molecule has 0 heterocycles. The molecule has 5 nitrogen and oxygen atoms in total. The summed E-state index contributed by atoms with van der Waals surface area (Å²) in [5, 5.41) is 0. The van der Waals surface area contributed by atoms with Crippen LogP contribution in [-0.2, 0) is 4.57 Å². The number of unbranched alkanes of at least 4 members (excludes halogenated alkanes) is 8. The molecule has 1 fully saturated rings. The summed E-state index contributed by atoms with van der Waals surface area (Å²) in [6.45, 7) is 5.67. The Morgan fingerprint density at radius 2 is 1.33 bits per heavy atom. The molecule has 1 aliphatic carbocycles. The zero-order valence-electron chi connectivity index (χ0n) is 20.4. The molecule has 1 saturated carbocycles. The van der Waals surface area contributed by atoms with Crippen LogP contribution in [0.1, 0.15) is 96.3 Å². The van der Waals surface area contributed by atoms with E-state index in [0.29, 0.717) is 6.42 Å². The van der Waals surface area contributed by atoms with Gasteiger partial charge in [-0.3, -0.25) is 4.57 Å². The van der Waals surface area contributed by atoms with E-state index in [1.807, 2.05) is 24.3 Å². The zero-order valence-corrected chi connectivity index (χ0v) is 21.3. The SMILES string of the molecule is C=C1CCC[C@@H](CCCOc2ccc(OCCCCCCCCCCCP(=O)(O)O)cc2)C1. The summed E-state index contributed by atoms with van der Waals surface area (Å²) in [4.78, 5) is 17.6. The molecule has 0 bridgehead atoms. The second-order valence-electron chi connectivity index (χ2n) is 9.59. The predicted molar refractivity (Wildman–Crippen MR) is 136 cm³/mol. The highest BCUT2D eigenvalue weighted by molar-refractivity contribution is 7.51. The number of benzene rings is 1. The second-order valence-corrected chi connectivity index (χ2v) is 11.4.